The Morgan fingerprint density at radius 1 is 1.33 bits per heavy atom. The molecule has 82 valence electrons. The van der Waals surface area contributed by atoms with E-state index in [1.165, 1.54) is 0 Å². The number of hydrogen-bond acceptors (Lipinski definition) is 3. The van der Waals surface area contributed by atoms with Crippen molar-refractivity contribution >= 4 is 5.69 Å². The number of rotatable bonds is 4. The fourth-order valence-electron chi connectivity index (χ4n) is 1.62. The number of benzene rings is 1. The van der Waals surface area contributed by atoms with Crippen molar-refractivity contribution in [3.05, 3.63) is 29.8 Å². The second kappa shape index (κ2) is 5.14. The quantitative estimate of drug-likeness (QED) is 0.823. The van der Waals surface area contributed by atoms with E-state index in [1.54, 1.807) is 0 Å². The van der Waals surface area contributed by atoms with Gasteiger partial charge in [-0.2, -0.15) is 0 Å². The largest absolute Gasteiger partial charge is 0.385 e. The third-order valence-electron chi connectivity index (χ3n) is 2.36. The molecule has 1 aliphatic rings. The molecule has 0 spiro atoms. The molecule has 1 aromatic carbocycles. The van der Waals surface area contributed by atoms with Crippen LogP contribution in [0.2, 0.25) is 0 Å². The Bertz CT molecular complexity index is 308. The van der Waals surface area contributed by atoms with Crippen LogP contribution in [0.3, 0.4) is 0 Å². The van der Waals surface area contributed by atoms with Gasteiger partial charge < -0.3 is 14.8 Å². The van der Waals surface area contributed by atoms with Crippen molar-refractivity contribution in [3.8, 4) is 0 Å². The minimum absolute atomic E-state index is 0.173. The summed E-state index contributed by atoms with van der Waals surface area (Å²) in [7, 11) is 0. The number of ether oxygens (including phenoxy) is 2. The standard InChI is InChI=1S/C12H17NO2/c1-2-6-13-11-5-3-4-10(9-11)12-14-7-8-15-12/h3-5,9,12-13H,2,6-8H2,1H3. The molecule has 0 bridgehead atoms. The lowest BCUT2D eigenvalue weighted by Gasteiger charge is -2.11. The molecule has 0 saturated carbocycles. The Morgan fingerprint density at radius 2 is 2.13 bits per heavy atom. The zero-order valence-electron chi connectivity index (χ0n) is 9.03. The van der Waals surface area contributed by atoms with Crippen LogP contribution in [0.1, 0.15) is 25.2 Å². The molecule has 3 heteroatoms. The molecular formula is C12H17NO2. The molecule has 1 aliphatic heterocycles. The van der Waals surface area contributed by atoms with Gasteiger partial charge in [-0.15, -0.1) is 0 Å². The molecule has 1 saturated heterocycles. The Labute approximate surface area is 90.4 Å². The normalized spacial score (nSPS) is 16.9. The lowest BCUT2D eigenvalue weighted by Crippen LogP contribution is -2.02. The first-order valence-corrected chi connectivity index (χ1v) is 5.47. The summed E-state index contributed by atoms with van der Waals surface area (Å²) in [5.41, 5.74) is 2.22. The van der Waals surface area contributed by atoms with Crippen molar-refractivity contribution in [1.29, 1.82) is 0 Å². The topological polar surface area (TPSA) is 30.5 Å². The maximum Gasteiger partial charge on any atom is 0.184 e. The molecule has 0 aromatic heterocycles. The highest BCUT2D eigenvalue weighted by atomic mass is 16.7. The van der Waals surface area contributed by atoms with Crippen molar-refractivity contribution in [2.75, 3.05) is 25.1 Å². The zero-order valence-corrected chi connectivity index (χ0v) is 9.03. The van der Waals surface area contributed by atoms with Crippen molar-refractivity contribution in [1.82, 2.24) is 0 Å². The predicted octanol–water partition coefficient (Wildman–Crippen LogP) is 2.55. The van der Waals surface area contributed by atoms with Crippen LogP contribution in [0.4, 0.5) is 5.69 Å². The lowest BCUT2D eigenvalue weighted by atomic mass is 10.2. The van der Waals surface area contributed by atoms with Gasteiger partial charge in [0.1, 0.15) is 0 Å². The molecule has 1 aromatic rings. The minimum atomic E-state index is -0.173. The first kappa shape index (κ1) is 10.5. The third-order valence-corrected chi connectivity index (χ3v) is 2.36. The summed E-state index contributed by atoms with van der Waals surface area (Å²) in [6, 6.07) is 8.21. The van der Waals surface area contributed by atoms with Crippen LogP contribution in [0.25, 0.3) is 0 Å². The number of hydrogen-bond donors (Lipinski definition) is 1. The number of anilines is 1. The van der Waals surface area contributed by atoms with Gasteiger partial charge in [-0.05, 0) is 18.6 Å². The second-order valence-electron chi connectivity index (χ2n) is 3.63. The smallest absolute Gasteiger partial charge is 0.184 e. The van der Waals surface area contributed by atoms with Crippen molar-refractivity contribution in [3.63, 3.8) is 0 Å². The molecular weight excluding hydrogens is 190 g/mol. The molecule has 0 radical (unpaired) electrons. The first-order valence-electron chi connectivity index (χ1n) is 5.47. The maximum atomic E-state index is 5.45. The first-order chi connectivity index (χ1) is 7.40. The van der Waals surface area contributed by atoms with Crippen LogP contribution >= 0.6 is 0 Å². The average Bonchev–Trinajstić information content (AvgIpc) is 2.80. The van der Waals surface area contributed by atoms with Gasteiger partial charge in [0.05, 0.1) is 13.2 Å². The molecule has 0 aliphatic carbocycles. The van der Waals surface area contributed by atoms with E-state index in [4.69, 9.17) is 9.47 Å². The fourth-order valence-corrected chi connectivity index (χ4v) is 1.62. The van der Waals surface area contributed by atoms with E-state index in [0.29, 0.717) is 13.2 Å². The van der Waals surface area contributed by atoms with Crippen LogP contribution in [0.15, 0.2) is 24.3 Å². The summed E-state index contributed by atoms with van der Waals surface area (Å²) in [6.07, 6.45) is 0.953. The van der Waals surface area contributed by atoms with Crippen LogP contribution in [-0.2, 0) is 9.47 Å². The van der Waals surface area contributed by atoms with Crippen molar-refractivity contribution in [2.45, 2.75) is 19.6 Å². The third kappa shape index (κ3) is 2.70. The SMILES string of the molecule is CCCNc1cccc(C2OCCO2)c1. The molecule has 1 fully saturated rings. The summed E-state index contributed by atoms with van der Waals surface area (Å²) in [6.45, 7) is 4.53. The summed E-state index contributed by atoms with van der Waals surface area (Å²) in [5, 5.41) is 3.35. The van der Waals surface area contributed by atoms with Gasteiger partial charge in [-0.1, -0.05) is 19.1 Å². The van der Waals surface area contributed by atoms with Gasteiger partial charge in [0.25, 0.3) is 0 Å². The van der Waals surface area contributed by atoms with Gasteiger partial charge in [0.2, 0.25) is 0 Å². The Balaban J connectivity index is 2.04. The van der Waals surface area contributed by atoms with Gasteiger partial charge in [0, 0.05) is 17.8 Å². The van der Waals surface area contributed by atoms with E-state index in [-0.39, 0.29) is 6.29 Å². The predicted molar refractivity (Wildman–Crippen MR) is 59.9 cm³/mol. The Kier molecular flexibility index (Phi) is 3.59. The van der Waals surface area contributed by atoms with E-state index in [2.05, 4.69) is 24.4 Å². The fraction of sp³-hybridized carbons (Fsp3) is 0.500. The van der Waals surface area contributed by atoms with Crippen molar-refractivity contribution in [2.24, 2.45) is 0 Å². The summed E-state index contributed by atoms with van der Waals surface area (Å²) < 4.78 is 10.9. The van der Waals surface area contributed by atoms with Gasteiger partial charge in [-0.3, -0.25) is 0 Å². The summed E-state index contributed by atoms with van der Waals surface area (Å²) in [4.78, 5) is 0. The molecule has 0 atom stereocenters. The maximum absolute atomic E-state index is 5.45. The van der Waals surface area contributed by atoms with E-state index in [1.807, 2.05) is 12.1 Å². The summed E-state index contributed by atoms with van der Waals surface area (Å²) >= 11 is 0. The zero-order chi connectivity index (χ0) is 10.5. The molecule has 3 nitrogen and oxygen atoms in total. The van der Waals surface area contributed by atoms with E-state index in [9.17, 15) is 0 Å². The van der Waals surface area contributed by atoms with Gasteiger partial charge in [-0.25, -0.2) is 0 Å². The van der Waals surface area contributed by atoms with Crippen LogP contribution in [-0.4, -0.2) is 19.8 Å². The molecule has 1 N–H and O–H groups in total. The molecule has 0 unspecified atom stereocenters. The molecule has 15 heavy (non-hydrogen) atoms. The highest BCUT2D eigenvalue weighted by Gasteiger charge is 2.17. The van der Waals surface area contributed by atoms with Gasteiger partial charge >= 0.3 is 0 Å². The summed E-state index contributed by atoms with van der Waals surface area (Å²) in [5.74, 6) is 0. The number of nitrogens with one attached hydrogen (secondary N) is 1. The Hall–Kier alpha value is -1.06. The molecule has 1 heterocycles. The highest BCUT2D eigenvalue weighted by Crippen LogP contribution is 2.25. The van der Waals surface area contributed by atoms with E-state index >= 15 is 0 Å². The molecule has 2 rings (SSSR count). The molecule has 0 amide bonds. The minimum Gasteiger partial charge on any atom is -0.385 e. The monoisotopic (exact) mass is 207 g/mol. The second-order valence-corrected chi connectivity index (χ2v) is 3.63. The lowest BCUT2D eigenvalue weighted by molar-refractivity contribution is -0.0440. The van der Waals surface area contributed by atoms with Crippen molar-refractivity contribution < 1.29 is 9.47 Å². The van der Waals surface area contributed by atoms with E-state index < -0.39 is 0 Å². The van der Waals surface area contributed by atoms with Gasteiger partial charge in [0.15, 0.2) is 6.29 Å². The van der Waals surface area contributed by atoms with Crippen LogP contribution < -0.4 is 5.32 Å². The highest BCUT2D eigenvalue weighted by molar-refractivity contribution is 5.46. The average molecular weight is 207 g/mol. The van der Waals surface area contributed by atoms with Crippen LogP contribution in [0, 0.1) is 0 Å². The van der Waals surface area contributed by atoms with E-state index in [0.717, 1.165) is 24.2 Å². The van der Waals surface area contributed by atoms with Crippen LogP contribution in [0.5, 0.6) is 0 Å². The Morgan fingerprint density at radius 3 is 2.87 bits per heavy atom.